The lowest BCUT2D eigenvalue weighted by Crippen LogP contribution is -1.99. The summed E-state index contributed by atoms with van der Waals surface area (Å²) in [5.41, 5.74) is 1.45. The molecule has 0 spiro atoms. The Labute approximate surface area is 87.5 Å². The van der Waals surface area contributed by atoms with E-state index in [4.69, 9.17) is 10.4 Å². The summed E-state index contributed by atoms with van der Waals surface area (Å²) >= 11 is 0. The van der Waals surface area contributed by atoms with Crippen LogP contribution < -0.4 is 5.32 Å². The summed E-state index contributed by atoms with van der Waals surface area (Å²) in [6, 6.07) is 8.95. The zero-order chi connectivity index (χ0) is 11.1. The van der Waals surface area contributed by atoms with Crippen molar-refractivity contribution in [1.29, 1.82) is 5.26 Å². The Morgan fingerprint density at radius 2 is 2.13 bits per heavy atom. The monoisotopic (exact) mass is 202 g/mol. The highest BCUT2D eigenvalue weighted by Gasteiger charge is 1.91. The van der Waals surface area contributed by atoms with Crippen LogP contribution in [0.3, 0.4) is 0 Å². The van der Waals surface area contributed by atoms with E-state index in [1.54, 1.807) is 24.3 Å². The molecule has 0 heterocycles. The van der Waals surface area contributed by atoms with Crippen molar-refractivity contribution < 1.29 is 9.90 Å². The van der Waals surface area contributed by atoms with Gasteiger partial charge >= 0.3 is 5.97 Å². The minimum Gasteiger partial charge on any atom is -0.478 e. The van der Waals surface area contributed by atoms with E-state index in [1.807, 2.05) is 6.07 Å². The van der Waals surface area contributed by atoms with Crippen molar-refractivity contribution in [3.63, 3.8) is 0 Å². The third-order valence-electron chi connectivity index (χ3n) is 1.70. The lowest BCUT2D eigenvalue weighted by Gasteiger charge is -2.01. The molecule has 0 aliphatic carbocycles. The van der Waals surface area contributed by atoms with Crippen LogP contribution in [0.25, 0.3) is 0 Å². The maximum absolute atomic E-state index is 10.1. The van der Waals surface area contributed by atoms with Gasteiger partial charge in [-0.15, -0.1) is 0 Å². The second-order valence-corrected chi connectivity index (χ2v) is 2.81. The molecule has 0 aliphatic rings. The van der Waals surface area contributed by atoms with Crippen LogP contribution in [0.2, 0.25) is 0 Å². The molecule has 76 valence electrons. The number of carboxylic acid groups (broad SMARTS) is 1. The van der Waals surface area contributed by atoms with Crippen LogP contribution in [-0.2, 0) is 4.79 Å². The molecule has 0 bridgehead atoms. The van der Waals surface area contributed by atoms with Crippen molar-refractivity contribution >= 4 is 11.7 Å². The predicted molar refractivity (Wildman–Crippen MR) is 56.4 cm³/mol. The maximum atomic E-state index is 10.1. The minimum absolute atomic E-state index is 0.443. The van der Waals surface area contributed by atoms with Gasteiger partial charge in [-0.2, -0.15) is 5.26 Å². The summed E-state index contributed by atoms with van der Waals surface area (Å²) in [4.78, 5) is 10.1. The highest BCUT2D eigenvalue weighted by Crippen LogP contribution is 2.07. The van der Waals surface area contributed by atoms with Gasteiger partial charge in [-0.25, -0.2) is 4.79 Å². The van der Waals surface area contributed by atoms with Gasteiger partial charge in [0.2, 0.25) is 0 Å². The van der Waals surface area contributed by atoms with Gasteiger partial charge in [-0.05, 0) is 24.3 Å². The van der Waals surface area contributed by atoms with Gasteiger partial charge in [-0.1, -0.05) is 6.08 Å². The zero-order valence-corrected chi connectivity index (χ0v) is 7.97. The summed E-state index contributed by atoms with van der Waals surface area (Å²) in [6.45, 7) is 0.443. The highest BCUT2D eigenvalue weighted by atomic mass is 16.4. The molecule has 0 aromatic heterocycles. The first kappa shape index (κ1) is 10.8. The molecule has 0 atom stereocenters. The summed E-state index contributed by atoms with van der Waals surface area (Å²) < 4.78 is 0. The Morgan fingerprint density at radius 3 is 2.67 bits per heavy atom. The average molecular weight is 202 g/mol. The van der Waals surface area contributed by atoms with E-state index in [0.717, 1.165) is 11.8 Å². The van der Waals surface area contributed by atoms with Crippen LogP contribution in [0.1, 0.15) is 5.56 Å². The smallest absolute Gasteiger partial charge is 0.328 e. The summed E-state index contributed by atoms with van der Waals surface area (Å²) in [6.07, 6.45) is 2.59. The molecule has 0 saturated heterocycles. The van der Waals surface area contributed by atoms with E-state index in [0.29, 0.717) is 12.1 Å². The Kier molecular flexibility index (Phi) is 3.92. The molecule has 0 amide bonds. The van der Waals surface area contributed by atoms with Crippen LogP contribution in [0, 0.1) is 11.3 Å². The molecule has 0 radical (unpaired) electrons. The Morgan fingerprint density at radius 1 is 1.47 bits per heavy atom. The molecule has 4 heteroatoms. The summed E-state index contributed by atoms with van der Waals surface area (Å²) in [5.74, 6) is -0.961. The zero-order valence-electron chi connectivity index (χ0n) is 7.97. The van der Waals surface area contributed by atoms with Crippen LogP contribution in [0.15, 0.2) is 36.4 Å². The lowest BCUT2D eigenvalue weighted by molar-refractivity contribution is -0.131. The summed E-state index contributed by atoms with van der Waals surface area (Å²) in [5, 5.41) is 19.9. The fourth-order valence-electron chi connectivity index (χ4n) is 0.999. The number of nitriles is 1. The Balaban J connectivity index is 2.45. The molecule has 0 unspecified atom stereocenters. The van der Waals surface area contributed by atoms with E-state index in [9.17, 15) is 4.79 Å². The number of carboxylic acids is 1. The van der Waals surface area contributed by atoms with Crippen molar-refractivity contribution in [3.8, 4) is 6.07 Å². The van der Waals surface area contributed by atoms with Crippen LogP contribution >= 0.6 is 0 Å². The molecule has 0 aliphatic heterocycles. The van der Waals surface area contributed by atoms with Crippen molar-refractivity contribution in [2.24, 2.45) is 0 Å². The summed E-state index contributed by atoms with van der Waals surface area (Å²) in [7, 11) is 0. The van der Waals surface area contributed by atoms with Gasteiger partial charge in [0.05, 0.1) is 11.6 Å². The quantitative estimate of drug-likeness (QED) is 0.727. The van der Waals surface area contributed by atoms with Crippen LogP contribution in [0.5, 0.6) is 0 Å². The number of nitrogens with zero attached hydrogens (tertiary/aromatic N) is 1. The number of carbonyl (C=O) groups is 1. The molecule has 1 rings (SSSR count). The number of nitrogens with one attached hydrogen (secondary N) is 1. The van der Waals surface area contributed by atoms with Gasteiger partial charge in [-0.3, -0.25) is 0 Å². The van der Waals surface area contributed by atoms with Gasteiger partial charge in [0.25, 0.3) is 0 Å². The number of rotatable bonds is 4. The largest absolute Gasteiger partial charge is 0.478 e. The van der Waals surface area contributed by atoms with Crippen LogP contribution in [-0.4, -0.2) is 17.6 Å². The molecule has 2 N–H and O–H groups in total. The SMILES string of the molecule is N#Cc1ccc(NC/C=C/C(=O)O)cc1. The second kappa shape index (κ2) is 5.45. The fourth-order valence-corrected chi connectivity index (χ4v) is 0.999. The average Bonchev–Trinajstić information content (AvgIpc) is 2.25. The molecular formula is C11H10N2O2. The fraction of sp³-hybridized carbons (Fsp3) is 0.0909. The minimum atomic E-state index is -0.961. The number of benzene rings is 1. The van der Waals surface area contributed by atoms with Crippen molar-refractivity contribution in [2.45, 2.75) is 0 Å². The highest BCUT2D eigenvalue weighted by molar-refractivity contribution is 5.79. The van der Waals surface area contributed by atoms with Crippen molar-refractivity contribution in [1.82, 2.24) is 0 Å². The predicted octanol–water partition coefficient (Wildman–Crippen LogP) is 1.61. The Bertz CT molecular complexity index is 402. The van der Waals surface area contributed by atoms with E-state index in [-0.39, 0.29) is 0 Å². The first-order chi connectivity index (χ1) is 7.22. The van der Waals surface area contributed by atoms with Gasteiger partial charge in [0.15, 0.2) is 0 Å². The molecule has 15 heavy (non-hydrogen) atoms. The number of anilines is 1. The van der Waals surface area contributed by atoms with Crippen molar-refractivity contribution in [3.05, 3.63) is 42.0 Å². The molecule has 0 saturated carbocycles. The van der Waals surface area contributed by atoms with Gasteiger partial charge < -0.3 is 10.4 Å². The molecule has 1 aromatic carbocycles. The number of aliphatic carboxylic acids is 1. The normalized spacial score (nSPS) is 9.80. The maximum Gasteiger partial charge on any atom is 0.328 e. The van der Waals surface area contributed by atoms with E-state index in [1.165, 1.54) is 6.08 Å². The van der Waals surface area contributed by atoms with E-state index in [2.05, 4.69) is 5.32 Å². The van der Waals surface area contributed by atoms with Crippen LogP contribution in [0.4, 0.5) is 5.69 Å². The number of hydrogen-bond acceptors (Lipinski definition) is 3. The van der Waals surface area contributed by atoms with Crippen molar-refractivity contribution in [2.75, 3.05) is 11.9 Å². The molecular weight excluding hydrogens is 192 g/mol. The Hall–Kier alpha value is -2.28. The first-order valence-corrected chi connectivity index (χ1v) is 4.36. The third kappa shape index (κ3) is 3.96. The molecule has 1 aromatic rings. The second-order valence-electron chi connectivity index (χ2n) is 2.81. The van der Waals surface area contributed by atoms with Gasteiger partial charge in [0.1, 0.15) is 0 Å². The van der Waals surface area contributed by atoms with E-state index < -0.39 is 5.97 Å². The standard InChI is InChI=1S/C11H10N2O2/c12-8-9-3-5-10(6-4-9)13-7-1-2-11(14)15/h1-6,13H,7H2,(H,14,15)/b2-1+. The molecule has 4 nitrogen and oxygen atoms in total. The van der Waals surface area contributed by atoms with E-state index >= 15 is 0 Å². The van der Waals surface area contributed by atoms with Gasteiger partial charge in [0, 0.05) is 18.3 Å². The first-order valence-electron chi connectivity index (χ1n) is 4.36. The number of hydrogen-bond donors (Lipinski definition) is 2. The topological polar surface area (TPSA) is 73.1 Å². The third-order valence-corrected chi connectivity index (χ3v) is 1.70. The lowest BCUT2D eigenvalue weighted by atomic mass is 10.2. The molecule has 0 fully saturated rings.